The first-order valence-corrected chi connectivity index (χ1v) is 9.72. The molecule has 1 saturated heterocycles. The standard InChI is InChI=1S/C19H27NO5S/c1-5-25-19(22)14-8-10-20(11-9-14)18(21)13(2)26-15-6-7-16(23-3)17(12-15)24-4/h6-7,12-14H,5,8-11H2,1-4H3/t13-/m1/s1. The molecule has 1 heterocycles. The summed E-state index contributed by atoms with van der Waals surface area (Å²) in [5.41, 5.74) is 0. The molecule has 26 heavy (non-hydrogen) atoms. The maximum Gasteiger partial charge on any atom is 0.309 e. The Morgan fingerprint density at radius 2 is 1.85 bits per heavy atom. The molecular weight excluding hydrogens is 354 g/mol. The SMILES string of the molecule is CCOC(=O)C1CCN(C(=O)[C@@H](C)Sc2ccc(OC)c(OC)c2)CC1. The van der Waals surface area contributed by atoms with Crippen LogP contribution in [0.15, 0.2) is 23.1 Å². The Morgan fingerprint density at radius 1 is 1.19 bits per heavy atom. The van der Waals surface area contributed by atoms with Gasteiger partial charge in [0.15, 0.2) is 11.5 Å². The first-order chi connectivity index (χ1) is 12.5. The lowest BCUT2D eigenvalue weighted by atomic mass is 9.97. The van der Waals surface area contributed by atoms with Crippen LogP contribution >= 0.6 is 11.8 Å². The van der Waals surface area contributed by atoms with Crippen molar-refractivity contribution in [3.05, 3.63) is 18.2 Å². The van der Waals surface area contributed by atoms with E-state index in [0.717, 1.165) is 4.90 Å². The molecule has 1 amide bonds. The van der Waals surface area contributed by atoms with Crippen LogP contribution in [0, 0.1) is 5.92 Å². The van der Waals surface area contributed by atoms with Crippen molar-refractivity contribution in [3.8, 4) is 11.5 Å². The number of hydrogen-bond donors (Lipinski definition) is 0. The topological polar surface area (TPSA) is 65.1 Å². The number of benzene rings is 1. The highest BCUT2D eigenvalue weighted by atomic mass is 32.2. The Morgan fingerprint density at radius 3 is 2.42 bits per heavy atom. The second-order valence-electron chi connectivity index (χ2n) is 6.13. The number of rotatable bonds is 7. The van der Waals surface area contributed by atoms with E-state index in [-0.39, 0.29) is 23.0 Å². The number of piperidine rings is 1. The quantitative estimate of drug-likeness (QED) is 0.534. The van der Waals surface area contributed by atoms with Gasteiger partial charge in [-0.05, 0) is 44.9 Å². The zero-order valence-corrected chi connectivity index (χ0v) is 16.6. The first-order valence-electron chi connectivity index (χ1n) is 8.84. The summed E-state index contributed by atoms with van der Waals surface area (Å²) in [7, 11) is 3.19. The Balaban J connectivity index is 1.91. The molecule has 1 aliphatic rings. The van der Waals surface area contributed by atoms with Gasteiger partial charge in [-0.2, -0.15) is 0 Å². The number of carbonyl (C=O) groups excluding carboxylic acids is 2. The Bertz CT molecular complexity index is 628. The highest BCUT2D eigenvalue weighted by Crippen LogP contribution is 2.34. The van der Waals surface area contributed by atoms with E-state index in [0.29, 0.717) is 44.0 Å². The van der Waals surface area contributed by atoms with E-state index in [2.05, 4.69) is 0 Å². The smallest absolute Gasteiger partial charge is 0.309 e. The van der Waals surface area contributed by atoms with Gasteiger partial charge in [0.05, 0.1) is 32.0 Å². The number of nitrogens with zero attached hydrogens (tertiary/aromatic N) is 1. The molecule has 0 spiro atoms. The third-order valence-corrected chi connectivity index (χ3v) is 5.52. The number of likely N-dealkylation sites (tertiary alicyclic amines) is 1. The normalized spacial score (nSPS) is 16.1. The summed E-state index contributed by atoms with van der Waals surface area (Å²) in [6.07, 6.45) is 1.33. The van der Waals surface area contributed by atoms with Crippen molar-refractivity contribution >= 4 is 23.6 Å². The van der Waals surface area contributed by atoms with E-state index in [1.165, 1.54) is 11.8 Å². The monoisotopic (exact) mass is 381 g/mol. The van der Waals surface area contributed by atoms with Crippen molar-refractivity contribution in [2.75, 3.05) is 33.9 Å². The Hall–Kier alpha value is -1.89. The zero-order valence-electron chi connectivity index (χ0n) is 15.8. The molecule has 1 aliphatic heterocycles. The molecule has 7 heteroatoms. The summed E-state index contributed by atoms with van der Waals surface area (Å²) in [6.45, 7) is 5.31. The van der Waals surface area contributed by atoms with Crippen molar-refractivity contribution in [2.24, 2.45) is 5.92 Å². The van der Waals surface area contributed by atoms with Crippen molar-refractivity contribution in [1.29, 1.82) is 0 Å². The summed E-state index contributed by atoms with van der Waals surface area (Å²) in [5, 5.41) is -0.216. The molecule has 6 nitrogen and oxygen atoms in total. The maximum atomic E-state index is 12.7. The molecule has 0 N–H and O–H groups in total. The molecule has 0 bridgehead atoms. The molecule has 0 unspecified atom stereocenters. The van der Waals surface area contributed by atoms with Gasteiger partial charge in [-0.25, -0.2) is 0 Å². The molecule has 2 rings (SSSR count). The third-order valence-electron chi connectivity index (χ3n) is 4.44. The fraction of sp³-hybridized carbons (Fsp3) is 0.579. The molecule has 1 aromatic rings. The number of amides is 1. The number of thioether (sulfide) groups is 1. The van der Waals surface area contributed by atoms with Crippen molar-refractivity contribution in [3.63, 3.8) is 0 Å². The van der Waals surface area contributed by atoms with Crippen LogP contribution in [0.3, 0.4) is 0 Å². The fourth-order valence-electron chi connectivity index (χ4n) is 3.00. The van der Waals surface area contributed by atoms with Crippen LogP contribution in [0.1, 0.15) is 26.7 Å². The van der Waals surface area contributed by atoms with Crippen LogP contribution in [0.2, 0.25) is 0 Å². The van der Waals surface area contributed by atoms with Gasteiger partial charge in [-0.1, -0.05) is 0 Å². The number of esters is 1. The van der Waals surface area contributed by atoms with Crippen molar-refractivity contribution in [1.82, 2.24) is 4.90 Å². The Labute approximate surface area is 159 Å². The minimum Gasteiger partial charge on any atom is -0.493 e. The van der Waals surface area contributed by atoms with E-state index < -0.39 is 0 Å². The maximum absolute atomic E-state index is 12.7. The van der Waals surface area contributed by atoms with Gasteiger partial charge in [0.2, 0.25) is 5.91 Å². The number of ether oxygens (including phenoxy) is 3. The lowest BCUT2D eigenvalue weighted by molar-refractivity contribution is -0.151. The van der Waals surface area contributed by atoms with E-state index >= 15 is 0 Å². The second kappa shape index (κ2) is 9.71. The average molecular weight is 381 g/mol. The summed E-state index contributed by atoms with van der Waals surface area (Å²) in [6, 6.07) is 5.63. The highest BCUT2D eigenvalue weighted by Gasteiger charge is 2.30. The third kappa shape index (κ3) is 5.06. The zero-order chi connectivity index (χ0) is 19.1. The van der Waals surface area contributed by atoms with Gasteiger partial charge >= 0.3 is 5.97 Å². The molecule has 0 saturated carbocycles. The van der Waals surface area contributed by atoms with Crippen LogP contribution < -0.4 is 9.47 Å². The molecule has 0 aliphatic carbocycles. The van der Waals surface area contributed by atoms with E-state index in [4.69, 9.17) is 14.2 Å². The lowest BCUT2D eigenvalue weighted by Gasteiger charge is -2.32. The molecular formula is C19H27NO5S. The number of hydrogen-bond acceptors (Lipinski definition) is 6. The van der Waals surface area contributed by atoms with Gasteiger partial charge in [-0.3, -0.25) is 9.59 Å². The molecule has 1 fully saturated rings. The van der Waals surface area contributed by atoms with Crippen molar-refractivity contribution < 1.29 is 23.8 Å². The number of carbonyl (C=O) groups is 2. The minimum atomic E-state index is -0.216. The predicted octanol–water partition coefficient (Wildman–Crippen LogP) is 2.99. The molecule has 1 atom stereocenters. The summed E-state index contributed by atoms with van der Waals surface area (Å²) < 4.78 is 15.6. The average Bonchev–Trinajstić information content (AvgIpc) is 2.67. The second-order valence-corrected chi connectivity index (χ2v) is 7.54. The first kappa shape index (κ1) is 20.4. The molecule has 144 valence electrons. The lowest BCUT2D eigenvalue weighted by Crippen LogP contribution is -2.43. The summed E-state index contributed by atoms with van der Waals surface area (Å²) in [5.74, 6) is 1.16. The highest BCUT2D eigenvalue weighted by molar-refractivity contribution is 8.00. The van der Waals surface area contributed by atoms with E-state index in [9.17, 15) is 9.59 Å². The van der Waals surface area contributed by atoms with Crippen LogP contribution in [0.4, 0.5) is 0 Å². The molecule has 0 aromatic heterocycles. The van der Waals surface area contributed by atoms with Crippen LogP contribution in [0.25, 0.3) is 0 Å². The fourth-order valence-corrected chi connectivity index (χ4v) is 3.98. The molecule has 1 aromatic carbocycles. The van der Waals surface area contributed by atoms with Crippen molar-refractivity contribution in [2.45, 2.75) is 36.8 Å². The predicted molar refractivity (Wildman–Crippen MR) is 101 cm³/mol. The van der Waals surface area contributed by atoms with Gasteiger partial charge in [-0.15, -0.1) is 11.8 Å². The van der Waals surface area contributed by atoms with Gasteiger partial charge < -0.3 is 19.1 Å². The number of methoxy groups -OCH3 is 2. The van der Waals surface area contributed by atoms with Gasteiger partial charge in [0.1, 0.15) is 0 Å². The van der Waals surface area contributed by atoms with E-state index in [1.807, 2.05) is 36.9 Å². The van der Waals surface area contributed by atoms with Crippen LogP contribution in [0.5, 0.6) is 11.5 Å². The minimum absolute atomic E-state index is 0.0899. The van der Waals surface area contributed by atoms with Crippen LogP contribution in [-0.4, -0.2) is 55.9 Å². The summed E-state index contributed by atoms with van der Waals surface area (Å²) in [4.78, 5) is 27.3. The van der Waals surface area contributed by atoms with Crippen LogP contribution in [-0.2, 0) is 14.3 Å². The van der Waals surface area contributed by atoms with E-state index in [1.54, 1.807) is 14.2 Å². The Kier molecular flexibility index (Phi) is 7.63. The molecule has 0 radical (unpaired) electrons. The largest absolute Gasteiger partial charge is 0.493 e. The van der Waals surface area contributed by atoms with Gasteiger partial charge in [0.25, 0.3) is 0 Å². The van der Waals surface area contributed by atoms with Gasteiger partial charge in [0, 0.05) is 18.0 Å². The summed E-state index contributed by atoms with van der Waals surface area (Å²) >= 11 is 1.49.